The van der Waals surface area contributed by atoms with Gasteiger partial charge in [0.1, 0.15) is 0 Å². The first-order chi connectivity index (χ1) is 10.8. The Hall–Kier alpha value is -0.640. The average Bonchev–Trinajstić information content (AvgIpc) is 3.14. The van der Waals surface area contributed by atoms with Gasteiger partial charge in [0.05, 0.1) is 30.0 Å². The predicted octanol–water partition coefficient (Wildman–Crippen LogP) is 4.16. The minimum absolute atomic E-state index is 0.0565. The lowest BCUT2D eigenvalue weighted by Gasteiger charge is -2.40. The van der Waals surface area contributed by atoms with E-state index < -0.39 is 5.60 Å². The van der Waals surface area contributed by atoms with Crippen LogP contribution in [-0.2, 0) is 9.47 Å². The highest BCUT2D eigenvalue weighted by Gasteiger charge is 2.51. The van der Waals surface area contributed by atoms with E-state index in [9.17, 15) is 5.11 Å². The molecule has 0 spiro atoms. The van der Waals surface area contributed by atoms with Crippen LogP contribution in [0.3, 0.4) is 0 Å². The highest BCUT2D eigenvalue weighted by Crippen LogP contribution is 2.46. The van der Waals surface area contributed by atoms with Crippen LogP contribution in [0, 0.1) is 5.92 Å². The number of epoxide rings is 1. The van der Waals surface area contributed by atoms with Crippen molar-refractivity contribution < 1.29 is 14.6 Å². The highest BCUT2D eigenvalue weighted by molar-refractivity contribution is 5.10. The maximum atomic E-state index is 10.9. The van der Waals surface area contributed by atoms with Gasteiger partial charge in [-0.15, -0.1) is 0 Å². The molecule has 0 aromatic heterocycles. The van der Waals surface area contributed by atoms with E-state index in [1.54, 1.807) is 0 Å². The Labute approximate surface area is 140 Å². The van der Waals surface area contributed by atoms with Gasteiger partial charge in [0.15, 0.2) is 0 Å². The van der Waals surface area contributed by atoms with E-state index >= 15 is 0 Å². The number of hydrogen-bond donors (Lipinski definition) is 1. The molecular weight excluding hydrogens is 288 g/mol. The van der Waals surface area contributed by atoms with Crippen molar-refractivity contribution in [2.24, 2.45) is 5.92 Å². The third kappa shape index (κ3) is 3.89. The predicted molar refractivity (Wildman–Crippen MR) is 92.3 cm³/mol. The van der Waals surface area contributed by atoms with E-state index in [0.717, 1.165) is 44.9 Å². The Morgan fingerprint density at radius 1 is 1.22 bits per heavy atom. The molecule has 0 saturated carbocycles. The van der Waals surface area contributed by atoms with Crippen molar-refractivity contribution in [1.82, 2.24) is 0 Å². The smallest absolute Gasteiger partial charge is 0.0920 e. The first-order valence-electron chi connectivity index (χ1n) is 9.15. The molecule has 3 aliphatic rings. The van der Waals surface area contributed by atoms with E-state index in [2.05, 4.69) is 26.5 Å². The summed E-state index contributed by atoms with van der Waals surface area (Å²) in [5, 5.41) is 10.9. The van der Waals surface area contributed by atoms with Crippen LogP contribution in [0.25, 0.3) is 0 Å². The van der Waals surface area contributed by atoms with Gasteiger partial charge in [-0.2, -0.15) is 0 Å². The van der Waals surface area contributed by atoms with Crippen molar-refractivity contribution in [3.05, 3.63) is 23.8 Å². The summed E-state index contributed by atoms with van der Waals surface area (Å²) >= 11 is 0. The van der Waals surface area contributed by atoms with E-state index in [4.69, 9.17) is 9.47 Å². The van der Waals surface area contributed by atoms with E-state index in [1.807, 2.05) is 6.92 Å². The molecule has 2 saturated heterocycles. The molecule has 1 aliphatic carbocycles. The van der Waals surface area contributed by atoms with Gasteiger partial charge in [0.2, 0.25) is 0 Å². The van der Waals surface area contributed by atoms with Crippen LogP contribution in [-0.4, -0.2) is 35.1 Å². The molecule has 3 heteroatoms. The third-order valence-corrected chi connectivity index (χ3v) is 6.21. The molecule has 2 heterocycles. The molecule has 5 atom stereocenters. The van der Waals surface area contributed by atoms with Gasteiger partial charge in [-0.3, -0.25) is 0 Å². The Kier molecular flexibility index (Phi) is 4.74. The summed E-state index contributed by atoms with van der Waals surface area (Å²) in [7, 11) is 0. The summed E-state index contributed by atoms with van der Waals surface area (Å²) < 4.78 is 11.9. The van der Waals surface area contributed by atoms with Gasteiger partial charge in [0, 0.05) is 0 Å². The van der Waals surface area contributed by atoms with Gasteiger partial charge >= 0.3 is 0 Å². The van der Waals surface area contributed by atoms with Gasteiger partial charge in [-0.05, 0) is 77.2 Å². The zero-order valence-corrected chi connectivity index (χ0v) is 14.9. The fourth-order valence-electron chi connectivity index (χ4n) is 4.14. The van der Waals surface area contributed by atoms with Crippen LogP contribution in [0.2, 0.25) is 0 Å². The monoisotopic (exact) mass is 320 g/mol. The zero-order chi connectivity index (χ0) is 16.7. The van der Waals surface area contributed by atoms with Gasteiger partial charge in [-0.25, -0.2) is 0 Å². The topological polar surface area (TPSA) is 42.0 Å². The number of ether oxygens (including phenoxy) is 2. The van der Waals surface area contributed by atoms with Crippen molar-refractivity contribution in [3.8, 4) is 0 Å². The lowest BCUT2D eigenvalue weighted by Crippen LogP contribution is -2.45. The van der Waals surface area contributed by atoms with Crippen molar-refractivity contribution >= 4 is 0 Å². The molecule has 2 unspecified atom stereocenters. The maximum Gasteiger partial charge on any atom is 0.0920 e. The normalized spacial score (nSPS) is 47.9. The second-order valence-corrected chi connectivity index (χ2v) is 8.33. The minimum atomic E-state index is -0.762. The third-order valence-electron chi connectivity index (χ3n) is 6.21. The molecule has 2 fully saturated rings. The number of rotatable bonds is 0. The Morgan fingerprint density at radius 2 is 2.00 bits per heavy atom. The second kappa shape index (κ2) is 6.34. The molecule has 2 bridgehead atoms. The summed E-state index contributed by atoms with van der Waals surface area (Å²) in [5.74, 6) is 0.446. The lowest BCUT2D eigenvalue weighted by molar-refractivity contribution is -0.118. The fraction of sp³-hybridized carbons (Fsp3) is 0.800. The highest BCUT2D eigenvalue weighted by atomic mass is 16.6. The van der Waals surface area contributed by atoms with Crippen molar-refractivity contribution in [3.63, 3.8) is 0 Å². The summed E-state index contributed by atoms with van der Waals surface area (Å²) in [6.45, 7) is 11.2. The second-order valence-electron chi connectivity index (χ2n) is 8.33. The molecular formula is C20H32O3. The van der Waals surface area contributed by atoms with Crippen LogP contribution in [0.5, 0.6) is 0 Å². The summed E-state index contributed by atoms with van der Waals surface area (Å²) in [4.78, 5) is 0. The molecule has 0 aromatic carbocycles. The molecule has 2 aliphatic heterocycles. The lowest BCUT2D eigenvalue weighted by atomic mass is 9.79. The van der Waals surface area contributed by atoms with Crippen molar-refractivity contribution in [1.29, 1.82) is 0 Å². The molecule has 0 radical (unpaired) electrons. The van der Waals surface area contributed by atoms with E-state index in [0.29, 0.717) is 18.6 Å². The van der Waals surface area contributed by atoms with Gasteiger partial charge in [0.25, 0.3) is 0 Å². The van der Waals surface area contributed by atoms with Crippen LogP contribution in [0.4, 0.5) is 0 Å². The summed E-state index contributed by atoms with van der Waals surface area (Å²) in [6.07, 6.45) is 9.55. The molecule has 23 heavy (non-hydrogen) atoms. The number of hydrogen-bond acceptors (Lipinski definition) is 3. The van der Waals surface area contributed by atoms with Crippen LogP contribution in [0.1, 0.15) is 65.7 Å². The SMILES string of the molecule is C=C1CO[C@@H]2C[C@@H]1CCC1(C)OC1CC/C(C)=C/CC[C@@]2(C)O. The fourth-order valence-corrected chi connectivity index (χ4v) is 4.14. The van der Waals surface area contributed by atoms with E-state index in [-0.39, 0.29) is 11.7 Å². The first kappa shape index (κ1) is 17.2. The van der Waals surface area contributed by atoms with Gasteiger partial charge < -0.3 is 14.6 Å². The maximum absolute atomic E-state index is 10.9. The average molecular weight is 320 g/mol. The van der Waals surface area contributed by atoms with Crippen molar-refractivity contribution in [2.75, 3.05) is 6.61 Å². The van der Waals surface area contributed by atoms with E-state index in [1.165, 1.54) is 11.1 Å². The molecule has 1 N–H and O–H groups in total. The number of allylic oxidation sites excluding steroid dienone is 2. The minimum Gasteiger partial charge on any atom is -0.387 e. The molecule has 3 rings (SSSR count). The molecule has 0 aromatic rings. The standard InChI is InChI=1S/C20H32O3/c1-14-6-5-10-19(3,21)18-12-16(15(2)13-22-18)9-11-20(4)17(23-20)8-7-14/h6,16-18,21H,2,5,7-13H2,1,3-4H3/b14-6+/t16-,17?,18+,19+,20?/m0/s1. The Bertz CT molecular complexity index is 493. The number of fused-ring (bicyclic) bond motifs is 3. The number of aliphatic hydroxyl groups is 1. The van der Waals surface area contributed by atoms with Crippen LogP contribution in [0.15, 0.2) is 23.8 Å². The van der Waals surface area contributed by atoms with Crippen molar-refractivity contribution in [2.45, 2.75) is 89.1 Å². The molecule has 130 valence electrons. The molecule has 0 amide bonds. The van der Waals surface area contributed by atoms with Crippen LogP contribution >= 0.6 is 0 Å². The first-order valence-corrected chi connectivity index (χ1v) is 9.15. The zero-order valence-electron chi connectivity index (χ0n) is 14.9. The largest absolute Gasteiger partial charge is 0.387 e. The van der Waals surface area contributed by atoms with Crippen LogP contribution < -0.4 is 0 Å². The summed E-state index contributed by atoms with van der Waals surface area (Å²) in [6, 6.07) is 0. The Balaban J connectivity index is 1.75. The summed E-state index contributed by atoms with van der Waals surface area (Å²) in [5.41, 5.74) is 1.89. The molecule has 3 nitrogen and oxygen atoms in total. The van der Waals surface area contributed by atoms with Gasteiger partial charge in [-0.1, -0.05) is 18.2 Å². The Morgan fingerprint density at radius 3 is 2.78 bits per heavy atom. The quantitative estimate of drug-likeness (QED) is 0.538.